The van der Waals surface area contributed by atoms with Gasteiger partial charge in [-0.3, -0.25) is 13.9 Å². The van der Waals surface area contributed by atoms with Crippen LogP contribution in [-0.2, 0) is 32.6 Å². The second-order valence-corrected chi connectivity index (χ2v) is 12.2. The standard InChI is InChI=1S/C34H36FN3O4S/c1-4-36-34(40)32(22-27-10-6-5-7-11-27)37(23-28-12-8-9-13-31(28)35)33(39)24-38(29-18-14-25(2)15-19-29)43(41,42)30-20-16-26(3)17-21-30/h5-21,32H,4,22-24H2,1-3H3,(H,36,40). The van der Waals surface area contributed by atoms with Crippen molar-refractivity contribution in [2.45, 2.75) is 44.7 Å². The molecule has 0 aliphatic carbocycles. The summed E-state index contributed by atoms with van der Waals surface area (Å²) in [7, 11) is -4.20. The Balaban J connectivity index is 1.80. The Labute approximate surface area is 253 Å². The minimum absolute atomic E-state index is 0.0247. The van der Waals surface area contributed by atoms with Crippen molar-refractivity contribution in [1.82, 2.24) is 10.2 Å². The average molecular weight is 602 g/mol. The third-order valence-electron chi connectivity index (χ3n) is 7.13. The number of anilines is 1. The lowest BCUT2D eigenvalue weighted by Crippen LogP contribution is -2.53. The van der Waals surface area contributed by atoms with E-state index in [1.54, 1.807) is 61.5 Å². The summed E-state index contributed by atoms with van der Waals surface area (Å²) in [5.41, 5.74) is 3.11. The number of nitrogens with one attached hydrogen (secondary N) is 1. The molecular formula is C34H36FN3O4S. The fraction of sp³-hybridized carbons (Fsp3) is 0.235. The highest BCUT2D eigenvalue weighted by atomic mass is 32.2. The number of hydrogen-bond donors (Lipinski definition) is 1. The Hall–Kier alpha value is -4.50. The number of carbonyl (C=O) groups excluding carboxylic acids is 2. The molecule has 0 saturated heterocycles. The van der Waals surface area contributed by atoms with E-state index in [0.717, 1.165) is 21.0 Å². The first-order valence-corrected chi connectivity index (χ1v) is 15.5. The number of nitrogens with zero attached hydrogens (tertiary/aromatic N) is 2. The molecule has 2 amide bonds. The van der Waals surface area contributed by atoms with Crippen LogP contribution in [0.15, 0.2) is 108 Å². The molecule has 4 rings (SSSR count). The molecule has 1 atom stereocenters. The molecule has 0 aliphatic heterocycles. The van der Waals surface area contributed by atoms with Gasteiger partial charge in [-0.05, 0) is 56.7 Å². The lowest BCUT2D eigenvalue weighted by molar-refractivity contribution is -0.140. The van der Waals surface area contributed by atoms with Gasteiger partial charge in [0, 0.05) is 25.1 Å². The van der Waals surface area contributed by atoms with Crippen molar-refractivity contribution in [3.63, 3.8) is 0 Å². The van der Waals surface area contributed by atoms with Crippen molar-refractivity contribution in [3.8, 4) is 0 Å². The summed E-state index contributed by atoms with van der Waals surface area (Å²) in [5, 5.41) is 2.80. The predicted molar refractivity (Wildman–Crippen MR) is 166 cm³/mol. The summed E-state index contributed by atoms with van der Waals surface area (Å²) in [6.07, 6.45) is 0.155. The van der Waals surface area contributed by atoms with Gasteiger partial charge in [-0.25, -0.2) is 12.8 Å². The fourth-order valence-electron chi connectivity index (χ4n) is 4.73. The maximum Gasteiger partial charge on any atom is 0.264 e. The first-order valence-electron chi connectivity index (χ1n) is 14.1. The fourth-order valence-corrected chi connectivity index (χ4v) is 6.15. The SMILES string of the molecule is CCNC(=O)C(Cc1ccccc1)N(Cc1ccccc1F)C(=O)CN(c1ccc(C)cc1)S(=O)(=O)c1ccc(C)cc1. The van der Waals surface area contributed by atoms with Crippen molar-refractivity contribution in [2.75, 3.05) is 17.4 Å². The molecule has 7 nitrogen and oxygen atoms in total. The zero-order chi connectivity index (χ0) is 31.0. The van der Waals surface area contributed by atoms with Crippen LogP contribution < -0.4 is 9.62 Å². The van der Waals surface area contributed by atoms with Gasteiger partial charge in [-0.15, -0.1) is 0 Å². The monoisotopic (exact) mass is 601 g/mol. The van der Waals surface area contributed by atoms with Crippen molar-refractivity contribution in [2.24, 2.45) is 0 Å². The number of rotatable bonds is 12. The molecule has 0 heterocycles. The zero-order valence-electron chi connectivity index (χ0n) is 24.5. The molecule has 0 spiro atoms. The normalized spacial score (nSPS) is 11.9. The number of benzene rings is 4. The molecule has 224 valence electrons. The van der Waals surface area contributed by atoms with Crippen molar-refractivity contribution < 1.29 is 22.4 Å². The van der Waals surface area contributed by atoms with Gasteiger partial charge in [-0.1, -0.05) is 83.9 Å². The number of aryl methyl sites for hydroxylation is 2. The number of halogens is 1. The number of likely N-dealkylation sites (N-methyl/N-ethyl adjacent to an activating group) is 1. The molecule has 0 radical (unpaired) electrons. The minimum atomic E-state index is -4.20. The highest BCUT2D eigenvalue weighted by Gasteiger charge is 2.34. The Kier molecular flexibility index (Phi) is 10.3. The molecule has 0 aromatic heterocycles. The molecule has 4 aromatic rings. The molecule has 0 saturated carbocycles. The lowest BCUT2D eigenvalue weighted by atomic mass is 10.0. The Morgan fingerprint density at radius 3 is 2.00 bits per heavy atom. The van der Waals surface area contributed by atoms with Gasteiger partial charge in [0.05, 0.1) is 10.6 Å². The van der Waals surface area contributed by atoms with E-state index in [1.807, 2.05) is 44.2 Å². The van der Waals surface area contributed by atoms with Crippen LogP contribution in [-0.4, -0.2) is 44.3 Å². The topological polar surface area (TPSA) is 86.8 Å². The van der Waals surface area contributed by atoms with Gasteiger partial charge < -0.3 is 10.2 Å². The maximum atomic E-state index is 14.9. The highest BCUT2D eigenvalue weighted by Crippen LogP contribution is 2.26. The van der Waals surface area contributed by atoms with Crippen molar-refractivity contribution >= 4 is 27.5 Å². The van der Waals surface area contributed by atoms with E-state index in [0.29, 0.717) is 12.2 Å². The molecule has 9 heteroatoms. The van der Waals surface area contributed by atoms with Crippen LogP contribution in [0.5, 0.6) is 0 Å². The largest absolute Gasteiger partial charge is 0.355 e. The summed E-state index contributed by atoms with van der Waals surface area (Å²) in [5.74, 6) is -1.59. The van der Waals surface area contributed by atoms with E-state index >= 15 is 0 Å². The average Bonchev–Trinajstić information content (AvgIpc) is 3.00. The van der Waals surface area contributed by atoms with E-state index in [1.165, 1.54) is 23.1 Å². The minimum Gasteiger partial charge on any atom is -0.355 e. The summed E-state index contributed by atoms with van der Waals surface area (Å²) < 4.78 is 44.0. The predicted octanol–water partition coefficient (Wildman–Crippen LogP) is 5.41. The van der Waals surface area contributed by atoms with Crippen LogP contribution in [0, 0.1) is 19.7 Å². The zero-order valence-corrected chi connectivity index (χ0v) is 25.4. The number of hydrogen-bond acceptors (Lipinski definition) is 4. The Morgan fingerprint density at radius 1 is 0.814 bits per heavy atom. The quantitative estimate of drug-likeness (QED) is 0.235. The first kappa shape index (κ1) is 31.4. The summed E-state index contributed by atoms with van der Waals surface area (Å²) >= 11 is 0. The van der Waals surface area contributed by atoms with Gasteiger partial charge in [-0.2, -0.15) is 0 Å². The van der Waals surface area contributed by atoms with E-state index < -0.39 is 40.2 Å². The molecule has 1 unspecified atom stereocenters. The Morgan fingerprint density at radius 2 is 1.40 bits per heavy atom. The summed E-state index contributed by atoms with van der Waals surface area (Å²) in [4.78, 5) is 29.1. The Bertz CT molecular complexity index is 1640. The van der Waals surface area contributed by atoms with Crippen molar-refractivity contribution in [1.29, 1.82) is 0 Å². The second-order valence-electron chi connectivity index (χ2n) is 10.4. The number of amides is 2. The van der Waals surface area contributed by atoms with E-state index in [-0.39, 0.29) is 23.4 Å². The number of carbonyl (C=O) groups is 2. The molecule has 0 bridgehead atoms. The van der Waals surface area contributed by atoms with Gasteiger partial charge in [0.2, 0.25) is 11.8 Å². The van der Waals surface area contributed by atoms with E-state index in [2.05, 4.69) is 5.32 Å². The molecule has 0 fully saturated rings. The van der Waals surface area contributed by atoms with Crippen LogP contribution in [0.1, 0.15) is 29.2 Å². The molecule has 0 aliphatic rings. The first-order chi connectivity index (χ1) is 20.6. The smallest absolute Gasteiger partial charge is 0.264 e. The van der Waals surface area contributed by atoms with Gasteiger partial charge in [0.25, 0.3) is 10.0 Å². The van der Waals surface area contributed by atoms with Crippen molar-refractivity contribution in [3.05, 3.63) is 131 Å². The van der Waals surface area contributed by atoms with E-state index in [9.17, 15) is 22.4 Å². The van der Waals surface area contributed by atoms with Crippen LogP contribution in [0.25, 0.3) is 0 Å². The van der Waals surface area contributed by atoms with Crippen LogP contribution in [0.4, 0.5) is 10.1 Å². The third kappa shape index (κ3) is 7.87. The highest BCUT2D eigenvalue weighted by molar-refractivity contribution is 7.92. The van der Waals surface area contributed by atoms with Gasteiger partial charge >= 0.3 is 0 Å². The lowest BCUT2D eigenvalue weighted by Gasteiger charge is -2.34. The van der Waals surface area contributed by atoms with Gasteiger partial charge in [0.15, 0.2) is 0 Å². The second kappa shape index (κ2) is 14.1. The van der Waals surface area contributed by atoms with E-state index in [4.69, 9.17) is 0 Å². The van der Waals surface area contributed by atoms with Crippen LogP contribution >= 0.6 is 0 Å². The molecule has 1 N–H and O–H groups in total. The molecule has 43 heavy (non-hydrogen) atoms. The summed E-state index contributed by atoms with van der Waals surface area (Å²) in [6.45, 7) is 5.00. The maximum absolute atomic E-state index is 14.9. The molecule has 4 aromatic carbocycles. The van der Waals surface area contributed by atoms with Gasteiger partial charge in [0.1, 0.15) is 18.4 Å². The number of sulfonamides is 1. The third-order valence-corrected chi connectivity index (χ3v) is 8.92. The molecular weight excluding hydrogens is 565 g/mol. The summed E-state index contributed by atoms with van der Waals surface area (Å²) in [6, 6.07) is 27.4. The van der Waals surface area contributed by atoms with Crippen LogP contribution in [0.2, 0.25) is 0 Å². The van der Waals surface area contributed by atoms with Crippen LogP contribution in [0.3, 0.4) is 0 Å².